The highest BCUT2D eigenvalue weighted by Crippen LogP contribution is 2.22. The highest BCUT2D eigenvalue weighted by molar-refractivity contribution is 5.89. The fourth-order valence-corrected chi connectivity index (χ4v) is 2.43. The smallest absolute Gasteiger partial charge is 0.328 e. The zero-order chi connectivity index (χ0) is 19.8. The minimum absolute atomic E-state index is 0.101. The molecule has 1 aromatic heterocycles. The van der Waals surface area contributed by atoms with Crippen molar-refractivity contribution in [1.82, 2.24) is 10.3 Å². The van der Waals surface area contributed by atoms with Gasteiger partial charge in [0, 0.05) is 55.9 Å². The highest BCUT2D eigenvalue weighted by atomic mass is 16.6. The molecule has 1 saturated heterocycles. The van der Waals surface area contributed by atoms with E-state index < -0.39 is 11.9 Å². The van der Waals surface area contributed by atoms with Gasteiger partial charge in [0.05, 0.1) is 10.4 Å². The summed E-state index contributed by atoms with van der Waals surface area (Å²) < 4.78 is 0. The van der Waals surface area contributed by atoms with Gasteiger partial charge in [0.2, 0.25) is 0 Å². The average molecular weight is 374 g/mol. The van der Waals surface area contributed by atoms with E-state index in [2.05, 4.69) is 15.2 Å². The SMILES string of the molecule is O=C(O)/C=C\C(=O)O.O=[N+]([O-])c1ccc2nc(N3CCNCC3)ccc2c1. The van der Waals surface area contributed by atoms with E-state index in [9.17, 15) is 19.7 Å². The predicted octanol–water partition coefficient (Wildman–Crippen LogP) is 1.26. The first-order chi connectivity index (χ1) is 12.9. The number of piperazine rings is 1. The quantitative estimate of drug-likeness (QED) is 0.409. The summed E-state index contributed by atoms with van der Waals surface area (Å²) in [6.07, 6.45) is 1.12. The van der Waals surface area contributed by atoms with Crippen LogP contribution in [-0.2, 0) is 9.59 Å². The molecule has 10 heteroatoms. The van der Waals surface area contributed by atoms with E-state index in [1.54, 1.807) is 12.1 Å². The second-order valence-corrected chi connectivity index (χ2v) is 5.55. The third-order valence-electron chi connectivity index (χ3n) is 3.68. The fraction of sp³-hybridized carbons (Fsp3) is 0.235. The second kappa shape index (κ2) is 9.25. The Labute approximate surface area is 153 Å². The minimum Gasteiger partial charge on any atom is -0.478 e. The number of nitro benzene ring substituents is 1. The van der Waals surface area contributed by atoms with Gasteiger partial charge >= 0.3 is 11.9 Å². The molecule has 2 heterocycles. The Morgan fingerprint density at radius 2 is 1.74 bits per heavy atom. The summed E-state index contributed by atoms with van der Waals surface area (Å²) in [5, 5.41) is 30.4. The summed E-state index contributed by atoms with van der Waals surface area (Å²) >= 11 is 0. The number of pyridine rings is 1. The molecule has 142 valence electrons. The summed E-state index contributed by atoms with van der Waals surface area (Å²) in [4.78, 5) is 36.2. The molecule has 0 amide bonds. The lowest BCUT2D eigenvalue weighted by molar-refractivity contribution is -0.384. The van der Waals surface area contributed by atoms with Crippen LogP contribution in [-0.4, -0.2) is 58.2 Å². The fourth-order valence-electron chi connectivity index (χ4n) is 2.43. The molecule has 0 aliphatic carbocycles. The van der Waals surface area contributed by atoms with Gasteiger partial charge in [-0.05, 0) is 18.2 Å². The molecule has 0 saturated carbocycles. The molecular weight excluding hydrogens is 356 g/mol. The summed E-state index contributed by atoms with van der Waals surface area (Å²) in [6.45, 7) is 3.79. The maximum Gasteiger partial charge on any atom is 0.328 e. The van der Waals surface area contributed by atoms with Crippen LogP contribution in [0.2, 0.25) is 0 Å². The number of aromatic nitrogens is 1. The number of carboxylic acids is 2. The number of carbonyl (C=O) groups is 2. The number of fused-ring (bicyclic) bond motifs is 1. The second-order valence-electron chi connectivity index (χ2n) is 5.55. The van der Waals surface area contributed by atoms with E-state index in [4.69, 9.17) is 10.2 Å². The van der Waals surface area contributed by atoms with Crippen LogP contribution in [0.5, 0.6) is 0 Å². The van der Waals surface area contributed by atoms with Crippen molar-refractivity contribution in [2.24, 2.45) is 0 Å². The Bertz CT molecular complexity index is 861. The van der Waals surface area contributed by atoms with Crippen molar-refractivity contribution in [3.8, 4) is 0 Å². The molecule has 0 atom stereocenters. The number of hydrogen-bond donors (Lipinski definition) is 3. The van der Waals surface area contributed by atoms with E-state index in [-0.39, 0.29) is 10.6 Å². The standard InChI is InChI=1S/C13H14N4O2.C4H4O4/c18-17(19)11-2-3-12-10(9-11)1-4-13(15-12)16-7-5-14-6-8-16;5-3(6)1-2-4(7)8/h1-4,9,14H,5-8H2;1-2H,(H,5,6)(H,7,8)/b;2-1-. The van der Waals surface area contributed by atoms with Gasteiger partial charge < -0.3 is 20.4 Å². The number of non-ortho nitro benzene ring substituents is 1. The highest BCUT2D eigenvalue weighted by Gasteiger charge is 2.13. The molecule has 3 N–H and O–H groups in total. The van der Waals surface area contributed by atoms with Gasteiger partial charge in [-0.25, -0.2) is 14.6 Å². The van der Waals surface area contributed by atoms with Crippen LogP contribution in [0.1, 0.15) is 0 Å². The summed E-state index contributed by atoms with van der Waals surface area (Å²) in [5.74, 6) is -1.58. The van der Waals surface area contributed by atoms with Crippen LogP contribution >= 0.6 is 0 Å². The van der Waals surface area contributed by atoms with Crippen molar-refractivity contribution in [2.45, 2.75) is 0 Å². The lowest BCUT2D eigenvalue weighted by Gasteiger charge is -2.28. The lowest BCUT2D eigenvalue weighted by Crippen LogP contribution is -2.43. The first-order valence-electron chi connectivity index (χ1n) is 8.01. The molecule has 0 spiro atoms. The Kier molecular flexibility index (Phi) is 6.78. The van der Waals surface area contributed by atoms with Gasteiger partial charge in [0.15, 0.2) is 0 Å². The van der Waals surface area contributed by atoms with E-state index in [1.807, 2.05) is 12.1 Å². The van der Waals surface area contributed by atoms with Crippen molar-refractivity contribution in [3.63, 3.8) is 0 Å². The van der Waals surface area contributed by atoms with Crippen LogP contribution in [0, 0.1) is 10.1 Å². The molecule has 0 unspecified atom stereocenters. The van der Waals surface area contributed by atoms with Gasteiger partial charge in [-0.2, -0.15) is 0 Å². The number of hydrogen-bond acceptors (Lipinski definition) is 7. The van der Waals surface area contributed by atoms with Crippen LogP contribution in [0.3, 0.4) is 0 Å². The number of rotatable bonds is 4. The molecule has 3 rings (SSSR count). The molecule has 1 aromatic carbocycles. The van der Waals surface area contributed by atoms with Crippen molar-refractivity contribution in [1.29, 1.82) is 0 Å². The molecule has 10 nitrogen and oxygen atoms in total. The van der Waals surface area contributed by atoms with E-state index >= 15 is 0 Å². The number of aliphatic carboxylic acids is 2. The summed E-state index contributed by atoms with van der Waals surface area (Å²) in [5.41, 5.74) is 0.894. The van der Waals surface area contributed by atoms with Crippen LogP contribution in [0.4, 0.5) is 11.5 Å². The van der Waals surface area contributed by atoms with Gasteiger partial charge in [0.1, 0.15) is 5.82 Å². The normalized spacial score (nSPS) is 13.9. The minimum atomic E-state index is -1.26. The van der Waals surface area contributed by atoms with Gasteiger partial charge in [-0.3, -0.25) is 10.1 Å². The predicted molar refractivity (Wildman–Crippen MR) is 97.9 cm³/mol. The molecule has 2 aromatic rings. The number of benzene rings is 1. The molecule has 27 heavy (non-hydrogen) atoms. The Morgan fingerprint density at radius 3 is 2.30 bits per heavy atom. The van der Waals surface area contributed by atoms with Gasteiger partial charge in [0.25, 0.3) is 5.69 Å². The first-order valence-corrected chi connectivity index (χ1v) is 8.01. The third-order valence-corrected chi connectivity index (χ3v) is 3.68. The molecule has 0 radical (unpaired) electrons. The maximum absolute atomic E-state index is 10.7. The first kappa shape index (κ1) is 19.8. The number of carboxylic acid groups (broad SMARTS) is 2. The van der Waals surface area contributed by atoms with Crippen LogP contribution < -0.4 is 10.2 Å². The Morgan fingerprint density at radius 1 is 1.11 bits per heavy atom. The monoisotopic (exact) mass is 374 g/mol. The number of nitro groups is 1. The van der Waals surface area contributed by atoms with E-state index in [1.165, 1.54) is 6.07 Å². The van der Waals surface area contributed by atoms with Crippen molar-refractivity contribution in [2.75, 3.05) is 31.1 Å². The van der Waals surface area contributed by atoms with E-state index in [0.29, 0.717) is 12.2 Å². The zero-order valence-corrected chi connectivity index (χ0v) is 14.2. The van der Waals surface area contributed by atoms with Crippen molar-refractivity contribution >= 4 is 34.3 Å². The lowest BCUT2D eigenvalue weighted by atomic mass is 10.2. The molecule has 1 aliphatic heterocycles. The third kappa shape index (κ3) is 6.04. The summed E-state index contributed by atoms with van der Waals surface area (Å²) in [7, 11) is 0. The Balaban J connectivity index is 0.000000279. The van der Waals surface area contributed by atoms with Crippen LogP contribution in [0.25, 0.3) is 10.9 Å². The molecule has 0 bridgehead atoms. The van der Waals surface area contributed by atoms with Gasteiger partial charge in [-0.15, -0.1) is 0 Å². The topological polar surface area (TPSA) is 146 Å². The summed E-state index contributed by atoms with van der Waals surface area (Å²) in [6, 6.07) is 8.59. The molecular formula is C17H18N4O6. The maximum atomic E-state index is 10.7. The van der Waals surface area contributed by atoms with Crippen molar-refractivity contribution in [3.05, 3.63) is 52.6 Å². The zero-order valence-electron chi connectivity index (χ0n) is 14.2. The number of nitrogens with one attached hydrogen (secondary N) is 1. The molecule has 1 aliphatic rings. The number of nitrogens with zero attached hydrogens (tertiary/aromatic N) is 3. The Hall–Kier alpha value is -3.53. The number of anilines is 1. The van der Waals surface area contributed by atoms with Gasteiger partial charge in [-0.1, -0.05) is 0 Å². The van der Waals surface area contributed by atoms with Crippen molar-refractivity contribution < 1.29 is 24.7 Å². The molecule has 1 fully saturated rings. The van der Waals surface area contributed by atoms with Crippen LogP contribution in [0.15, 0.2) is 42.5 Å². The van der Waals surface area contributed by atoms with E-state index in [0.717, 1.165) is 42.9 Å². The largest absolute Gasteiger partial charge is 0.478 e. The average Bonchev–Trinajstić information content (AvgIpc) is 2.66.